The fraction of sp³-hybridized carbons (Fsp3) is 0.385. The van der Waals surface area contributed by atoms with Crippen molar-refractivity contribution in [1.29, 1.82) is 0 Å². The molecule has 7 heteroatoms. The van der Waals surface area contributed by atoms with Gasteiger partial charge in [0.25, 0.3) is 0 Å². The number of ether oxygens (including phenoxy) is 1. The van der Waals surface area contributed by atoms with Crippen molar-refractivity contribution in [1.82, 2.24) is 4.90 Å². The highest BCUT2D eigenvalue weighted by atomic mass is 16.5. The van der Waals surface area contributed by atoms with E-state index >= 15 is 0 Å². The van der Waals surface area contributed by atoms with E-state index < -0.39 is 11.8 Å². The smallest absolute Gasteiger partial charge is 0.231 e. The molecular weight excluding hydrogens is 260 g/mol. The lowest BCUT2D eigenvalue weighted by Crippen LogP contribution is -2.40. The molecule has 6 N–H and O–H groups in total. The second-order valence-electron chi connectivity index (χ2n) is 4.42. The number of nitrogens with two attached hydrogens (primary N) is 3. The van der Waals surface area contributed by atoms with Gasteiger partial charge >= 0.3 is 0 Å². The molecule has 0 unspecified atom stereocenters. The van der Waals surface area contributed by atoms with Crippen LogP contribution in [0.4, 0.5) is 5.69 Å². The number of rotatable bonds is 9. The van der Waals surface area contributed by atoms with E-state index in [1.165, 1.54) is 0 Å². The predicted molar refractivity (Wildman–Crippen MR) is 75.8 cm³/mol. The molecule has 1 aromatic carbocycles. The normalized spacial score (nSPS) is 10.4. The lowest BCUT2D eigenvalue weighted by atomic mass is 10.3. The van der Waals surface area contributed by atoms with Crippen molar-refractivity contribution >= 4 is 17.5 Å². The molecule has 7 nitrogen and oxygen atoms in total. The number of benzene rings is 1. The summed E-state index contributed by atoms with van der Waals surface area (Å²) in [6.07, 6.45) is 0.634. The number of anilines is 1. The molecular formula is C13H20N4O3. The molecule has 0 spiro atoms. The van der Waals surface area contributed by atoms with Crippen molar-refractivity contribution in [3.8, 4) is 5.75 Å². The van der Waals surface area contributed by atoms with Gasteiger partial charge in [-0.25, -0.2) is 0 Å². The first-order valence-corrected chi connectivity index (χ1v) is 6.24. The molecule has 20 heavy (non-hydrogen) atoms. The lowest BCUT2D eigenvalue weighted by Gasteiger charge is -2.18. The van der Waals surface area contributed by atoms with Gasteiger partial charge in [0, 0.05) is 18.3 Å². The van der Waals surface area contributed by atoms with Crippen LogP contribution in [0, 0.1) is 0 Å². The number of nitrogens with zero attached hydrogens (tertiary/aromatic N) is 1. The Bertz CT molecular complexity index is 449. The maximum absolute atomic E-state index is 10.9. The van der Waals surface area contributed by atoms with Crippen LogP contribution in [0.15, 0.2) is 24.3 Å². The number of carbonyl (C=O) groups excluding carboxylic acids is 2. The van der Waals surface area contributed by atoms with E-state index in [9.17, 15) is 9.59 Å². The van der Waals surface area contributed by atoms with Crippen molar-refractivity contribution in [2.75, 3.05) is 32.0 Å². The first-order valence-electron chi connectivity index (χ1n) is 6.24. The van der Waals surface area contributed by atoms with E-state index in [0.29, 0.717) is 31.0 Å². The van der Waals surface area contributed by atoms with Crippen LogP contribution in [-0.2, 0) is 9.59 Å². The summed E-state index contributed by atoms with van der Waals surface area (Å²) in [5, 5.41) is 0. The molecule has 0 radical (unpaired) electrons. The van der Waals surface area contributed by atoms with Gasteiger partial charge in [-0.15, -0.1) is 0 Å². The van der Waals surface area contributed by atoms with Crippen LogP contribution in [0.3, 0.4) is 0 Å². The topological polar surface area (TPSA) is 125 Å². The zero-order chi connectivity index (χ0) is 15.0. The van der Waals surface area contributed by atoms with E-state index in [0.717, 1.165) is 0 Å². The first kappa shape index (κ1) is 15.8. The SMILES string of the molecule is NC(=O)CN(CCCOc1cccc(N)c1)CC(N)=O. The van der Waals surface area contributed by atoms with Gasteiger partial charge in [0.1, 0.15) is 5.75 Å². The molecule has 1 rings (SSSR count). The van der Waals surface area contributed by atoms with Crippen molar-refractivity contribution in [2.45, 2.75) is 6.42 Å². The molecule has 0 aliphatic heterocycles. The van der Waals surface area contributed by atoms with Crippen LogP contribution in [0.25, 0.3) is 0 Å². The monoisotopic (exact) mass is 280 g/mol. The van der Waals surface area contributed by atoms with Crippen molar-refractivity contribution < 1.29 is 14.3 Å². The average Bonchev–Trinajstić information content (AvgIpc) is 2.33. The second kappa shape index (κ2) is 8.00. The largest absolute Gasteiger partial charge is 0.493 e. The molecule has 2 amide bonds. The number of nitrogen functional groups attached to an aromatic ring is 1. The summed E-state index contributed by atoms with van der Waals surface area (Å²) in [6, 6.07) is 7.11. The quantitative estimate of drug-likeness (QED) is 0.408. The third-order valence-electron chi connectivity index (χ3n) is 2.50. The minimum atomic E-state index is -0.497. The first-order chi connectivity index (χ1) is 9.47. The maximum Gasteiger partial charge on any atom is 0.231 e. The number of hydrogen-bond donors (Lipinski definition) is 3. The average molecular weight is 280 g/mol. The molecule has 0 saturated heterocycles. The molecule has 110 valence electrons. The van der Waals surface area contributed by atoms with Crippen LogP contribution >= 0.6 is 0 Å². The summed E-state index contributed by atoms with van der Waals surface area (Å²) in [5.41, 5.74) is 16.5. The number of carbonyl (C=O) groups is 2. The molecule has 0 heterocycles. The molecule has 0 aliphatic carbocycles. The fourth-order valence-electron chi connectivity index (χ4n) is 1.74. The zero-order valence-corrected chi connectivity index (χ0v) is 11.2. The number of primary amides is 2. The van der Waals surface area contributed by atoms with Gasteiger partial charge in [0.2, 0.25) is 11.8 Å². The number of amides is 2. The van der Waals surface area contributed by atoms with E-state index in [1.54, 1.807) is 29.2 Å². The highest BCUT2D eigenvalue weighted by molar-refractivity contribution is 5.79. The highest BCUT2D eigenvalue weighted by Gasteiger charge is 2.10. The Morgan fingerprint density at radius 1 is 1.15 bits per heavy atom. The minimum Gasteiger partial charge on any atom is -0.493 e. The van der Waals surface area contributed by atoms with Crippen molar-refractivity contribution in [2.24, 2.45) is 11.5 Å². The minimum absolute atomic E-state index is 0.00122. The number of hydrogen-bond acceptors (Lipinski definition) is 5. The summed E-state index contributed by atoms with van der Waals surface area (Å²) in [7, 11) is 0. The van der Waals surface area contributed by atoms with Gasteiger partial charge in [-0.1, -0.05) is 6.07 Å². The van der Waals surface area contributed by atoms with Crippen LogP contribution in [0.1, 0.15) is 6.42 Å². The molecule has 1 aromatic rings. The Morgan fingerprint density at radius 2 is 1.80 bits per heavy atom. The van der Waals surface area contributed by atoms with Crippen LogP contribution in [-0.4, -0.2) is 43.0 Å². The summed E-state index contributed by atoms with van der Waals surface area (Å²) in [4.78, 5) is 23.3. The zero-order valence-electron chi connectivity index (χ0n) is 11.2. The summed E-state index contributed by atoms with van der Waals surface area (Å²) >= 11 is 0. The third-order valence-corrected chi connectivity index (χ3v) is 2.50. The molecule has 0 atom stereocenters. The molecule has 0 aliphatic rings. The van der Waals surface area contributed by atoms with Crippen LogP contribution < -0.4 is 21.9 Å². The summed E-state index contributed by atoms with van der Waals surface area (Å²) in [6.45, 7) is 0.939. The molecule has 0 bridgehead atoms. The Balaban J connectivity index is 2.32. The van der Waals surface area contributed by atoms with Crippen LogP contribution in [0.2, 0.25) is 0 Å². The van der Waals surface area contributed by atoms with E-state index in [4.69, 9.17) is 21.9 Å². The van der Waals surface area contributed by atoms with E-state index in [2.05, 4.69) is 0 Å². The molecule has 0 saturated carbocycles. The predicted octanol–water partition coefficient (Wildman–Crippen LogP) is -0.690. The van der Waals surface area contributed by atoms with Gasteiger partial charge in [0.15, 0.2) is 0 Å². The third kappa shape index (κ3) is 6.60. The van der Waals surface area contributed by atoms with E-state index in [-0.39, 0.29) is 13.1 Å². The Labute approximate surface area is 117 Å². The van der Waals surface area contributed by atoms with Crippen LogP contribution in [0.5, 0.6) is 5.75 Å². The Morgan fingerprint density at radius 3 is 2.35 bits per heavy atom. The maximum atomic E-state index is 10.9. The fourth-order valence-corrected chi connectivity index (χ4v) is 1.74. The second-order valence-corrected chi connectivity index (χ2v) is 4.42. The summed E-state index contributed by atoms with van der Waals surface area (Å²) < 4.78 is 5.51. The molecule has 0 aromatic heterocycles. The van der Waals surface area contributed by atoms with Gasteiger partial charge in [0.05, 0.1) is 19.7 Å². The molecule has 0 fully saturated rings. The standard InChI is InChI=1S/C13H20N4O3/c14-10-3-1-4-11(7-10)20-6-2-5-17(8-12(15)18)9-13(16)19/h1,3-4,7H,2,5-6,8-9,14H2,(H2,15,18)(H2,16,19). The Hall–Kier alpha value is -2.28. The van der Waals surface area contributed by atoms with Gasteiger partial charge in [-0.3, -0.25) is 14.5 Å². The van der Waals surface area contributed by atoms with Gasteiger partial charge in [-0.2, -0.15) is 0 Å². The lowest BCUT2D eigenvalue weighted by molar-refractivity contribution is -0.121. The Kier molecular flexibility index (Phi) is 6.31. The van der Waals surface area contributed by atoms with Crippen molar-refractivity contribution in [3.05, 3.63) is 24.3 Å². The van der Waals surface area contributed by atoms with Gasteiger partial charge < -0.3 is 21.9 Å². The summed E-state index contributed by atoms with van der Waals surface area (Å²) in [5.74, 6) is -0.313. The van der Waals surface area contributed by atoms with Gasteiger partial charge in [-0.05, 0) is 18.6 Å². The highest BCUT2D eigenvalue weighted by Crippen LogP contribution is 2.14. The van der Waals surface area contributed by atoms with E-state index in [1.807, 2.05) is 0 Å². The van der Waals surface area contributed by atoms with Crippen molar-refractivity contribution in [3.63, 3.8) is 0 Å².